The van der Waals surface area contributed by atoms with Crippen molar-refractivity contribution < 1.29 is 9.47 Å². The number of nitrogens with zero attached hydrogens (tertiary/aromatic N) is 1. The first-order valence-electron chi connectivity index (χ1n) is 7.27. The van der Waals surface area contributed by atoms with Crippen molar-refractivity contribution in [3.63, 3.8) is 0 Å². The van der Waals surface area contributed by atoms with Crippen LogP contribution in [0.4, 0.5) is 0 Å². The van der Waals surface area contributed by atoms with Crippen LogP contribution in [0.2, 0.25) is 0 Å². The standard InChI is InChI=1S/C15H21BrN2O2/c16-12-1-2-13(18-10-12)14(17)11-3-6-20-15(9-11)4-7-19-8-5-15/h1-2,10-11,14H,3-9,17H2. The van der Waals surface area contributed by atoms with Crippen LogP contribution < -0.4 is 5.73 Å². The van der Waals surface area contributed by atoms with Crippen LogP contribution in [0.25, 0.3) is 0 Å². The molecule has 4 nitrogen and oxygen atoms in total. The Morgan fingerprint density at radius 3 is 2.80 bits per heavy atom. The summed E-state index contributed by atoms with van der Waals surface area (Å²) in [5.74, 6) is 0.440. The lowest BCUT2D eigenvalue weighted by Crippen LogP contribution is -2.46. The van der Waals surface area contributed by atoms with Crippen molar-refractivity contribution in [2.75, 3.05) is 19.8 Å². The van der Waals surface area contributed by atoms with E-state index in [1.165, 1.54) is 0 Å². The summed E-state index contributed by atoms with van der Waals surface area (Å²) in [5.41, 5.74) is 7.41. The smallest absolute Gasteiger partial charge is 0.0729 e. The SMILES string of the molecule is NC(c1ccc(Br)cn1)C1CCOC2(CCOCC2)C1. The Labute approximate surface area is 128 Å². The van der Waals surface area contributed by atoms with E-state index in [9.17, 15) is 0 Å². The molecule has 2 N–H and O–H groups in total. The Bertz CT molecular complexity index is 440. The molecular formula is C15H21BrN2O2. The highest BCUT2D eigenvalue weighted by Crippen LogP contribution is 2.40. The molecule has 1 spiro atoms. The maximum atomic E-state index is 6.45. The molecule has 2 atom stereocenters. The third-order valence-electron chi connectivity index (χ3n) is 4.53. The van der Waals surface area contributed by atoms with Crippen molar-refractivity contribution in [2.45, 2.75) is 37.3 Å². The van der Waals surface area contributed by atoms with E-state index >= 15 is 0 Å². The van der Waals surface area contributed by atoms with Gasteiger partial charge in [-0.2, -0.15) is 0 Å². The Kier molecular flexibility index (Phi) is 4.40. The minimum absolute atomic E-state index is 0.00580. The van der Waals surface area contributed by atoms with Crippen molar-refractivity contribution in [3.05, 3.63) is 28.5 Å². The maximum Gasteiger partial charge on any atom is 0.0729 e. The van der Waals surface area contributed by atoms with Crippen molar-refractivity contribution >= 4 is 15.9 Å². The Morgan fingerprint density at radius 1 is 1.30 bits per heavy atom. The van der Waals surface area contributed by atoms with Crippen molar-refractivity contribution in [2.24, 2.45) is 11.7 Å². The van der Waals surface area contributed by atoms with Crippen LogP contribution in [0.1, 0.15) is 37.4 Å². The zero-order chi connectivity index (χ0) is 14.0. The summed E-state index contributed by atoms with van der Waals surface area (Å²) in [7, 11) is 0. The molecule has 3 rings (SSSR count). The van der Waals surface area contributed by atoms with E-state index in [2.05, 4.69) is 20.9 Å². The monoisotopic (exact) mass is 340 g/mol. The Morgan fingerprint density at radius 2 is 2.10 bits per heavy atom. The first kappa shape index (κ1) is 14.4. The van der Waals surface area contributed by atoms with E-state index in [-0.39, 0.29) is 11.6 Å². The molecule has 2 saturated heterocycles. The third kappa shape index (κ3) is 3.06. The lowest BCUT2D eigenvalue weighted by molar-refractivity contribution is -0.149. The minimum atomic E-state index is -0.00767. The fourth-order valence-corrected chi connectivity index (χ4v) is 3.52. The largest absolute Gasteiger partial charge is 0.381 e. The molecule has 0 bridgehead atoms. The summed E-state index contributed by atoms with van der Waals surface area (Å²) >= 11 is 3.41. The van der Waals surface area contributed by atoms with Gasteiger partial charge in [0.15, 0.2) is 0 Å². The highest BCUT2D eigenvalue weighted by Gasteiger charge is 2.41. The van der Waals surface area contributed by atoms with Crippen LogP contribution >= 0.6 is 15.9 Å². The van der Waals surface area contributed by atoms with Crippen molar-refractivity contribution in [1.29, 1.82) is 0 Å². The number of hydrogen-bond acceptors (Lipinski definition) is 4. The van der Waals surface area contributed by atoms with Crippen LogP contribution in [0.15, 0.2) is 22.8 Å². The van der Waals surface area contributed by atoms with Gasteiger partial charge < -0.3 is 15.2 Å². The molecule has 0 aliphatic carbocycles. The number of halogens is 1. The summed E-state index contributed by atoms with van der Waals surface area (Å²) in [6.07, 6.45) is 5.84. The number of rotatable bonds is 2. The number of pyridine rings is 1. The van der Waals surface area contributed by atoms with Gasteiger partial charge in [0.25, 0.3) is 0 Å². The van der Waals surface area contributed by atoms with Crippen LogP contribution in [-0.4, -0.2) is 30.4 Å². The van der Waals surface area contributed by atoms with Gasteiger partial charge in [0.05, 0.1) is 17.3 Å². The first-order chi connectivity index (χ1) is 9.69. The lowest BCUT2D eigenvalue weighted by atomic mass is 9.77. The van der Waals surface area contributed by atoms with Gasteiger partial charge in [-0.15, -0.1) is 0 Å². The quantitative estimate of drug-likeness (QED) is 0.899. The van der Waals surface area contributed by atoms with Crippen LogP contribution in [0.3, 0.4) is 0 Å². The maximum absolute atomic E-state index is 6.45. The summed E-state index contributed by atoms with van der Waals surface area (Å²) < 4.78 is 12.5. The number of ether oxygens (including phenoxy) is 2. The number of hydrogen-bond donors (Lipinski definition) is 1. The normalized spacial score (nSPS) is 27.4. The van der Waals surface area contributed by atoms with Gasteiger partial charge >= 0.3 is 0 Å². The van der Waals surface area contributed by atoms with Crippen LogP contribution in [0.5, 0.6) is 0 Å². The molecule has 0 aromatic carbocycles. The third-order valence-corrected chi connectivity index (χ3v) is 5.00. The molecule has 20 heavy (non-hydrogen) atoms. The molecule has 2 aliphatic heterocycles. The molecule has 1 aromatic heterocycles. The minimum Gasteiger partial charge on any atom is -0.381 e. The van der Waals surface area contributed by atoms with E-state index in [1.54, 1.807) is 0 Å². The molecule has 110 valence electrons. The zero-order valence-electron chi connectivity index (χ0n) is 11.6. The van der Waals surface area contributed by atoms with Gasteiger partial charge in [-0.05, 0) is 59.7 Å². The second-order valence-corrected chi connectivity index (χ2v) is 6.74. The number of nitrogens with two attached hydrogens (primary N) is 1. The van der Waals surface area contributed by atoms with Crippen LogP contribution in [0, 0.1) is 5.92 Å². The summed E-state index contributed by atoms with van der Waals surface area (Å²) in [6, 6.07) is 4.01. The summed E-state index contributed by atoms with van der Waals surface area (Å²) in [5, 5.41) is 0. The highest BCUT2D eigenvalue weighted by molar-refractivity contribution is 9.10. The van der Waals surface area contributed by atoms with Crippen LogP contribution in [-0.2, 0) is 9.47 Å². The van der Waals surface area contributed by atoms with Gasteiger partial charge in [0, 0.05) is 30.5 Å². The molecule has 1 aromatic rings. The second kappa shape index (κ2) is 6.10. The van der Waals surface area contributed by atoms with E-state index in [1.807, 2.05) is 18.3 Å². The van der Waals surface area contributed by atoms with Gasteiger partial charge in [-0.3, -0.25) is 4.98 Å². The van der Waals surface area contributed by atoms with Gasteiger partial charge in [0.2, 0.25) is 0 Å². The van der Waals surface area contributed by atoms with E-state index in [0.29, 0.717) is 5.92 Å². The molecule has 2 unspecified atom stereocenters. The summed E-state index contributed by atoms with van der Waals surface area (Å²) in [6.45, 7) is 2.41. The molecule has 0 radical (unpaired) electrons. The highest BCUT2D eigenvalue weighted by atomic mass is 79.9. The predicted octanol–water partition coefficient (Wildman–Crippen LogP) is 2.82. The molecule has 2 fully saturated rings. The average molecular weight is 341 g/mol. The van der Waals surface area contributed by atoms with E-state index in [0.717, 1.165) is 55.7 Å². The molecule has 3 heterocycles. The topological polar surface area (TPSA) is 57.4 Å². The number of aromatic nitrogens is 1. The second-order valence-electron chi connectivity index (χ2n) is 5.82. The zero-order valence-corrected chi connectivity index (χ0v) is 13.1. The fourth-order valence-electron chi connectivity index (χ4n) is 3.29. The van der Waals surface area contributed by atoms with E-state index in [4.69, 9.17) is 15.2 Å². The van der Waals surface area contributed by atoms with Crippen molar-refractivity contribution in [1.82, 2.24) is 4.98 Å². The molecule has 2 aliphatic rings. The molecule has 0 saturated carbocycles. The van der Waals surface area contributed by atoms with Gasteiger partial charge in [-0.1, -0.05) is 0 Å². The first-order valence-corrected chi connectivity index (χ1v) is 8.07. The lowest BCUT2D eigenvalue weighted by Gasteiger charge is -2.44. The van der Waals surface area contributed by atoms with Crippen molar-refractivity contribution in [3.8, 4) is 0 Å². The Hall–Kier alpha value is -0.490. The molecule has 0 amide bonds. The van der Waals surface area contributed by atoms with Gasteiger partial charge in [-0.25, -0.2) is 0 Å². The predicted molar refractivity (Wildman–Crippen MR) is 80.3 cm³/mol. The summed E-state index contributed by atoms with van der Waals surface area (Å²) in [4.78, 5) is 4.45. The molecule has 5 heteroatoms. The average Bonchev–Trinajstić information content (AvgIpc) is 2.48. The Balaban J connectivity index is 1.71. The van der Waals surface area contributed by atoms with Gasteiger partial charge in [0.1, 0.15) is 0 Å². The fraction of sp³-hybridized carbons (Fsp3) is 0.667. The van der Waals surface area contributed by atoms with E-state index < -0.39 is 0 Å². The molecular weight excluding hydrogens is 320 g/mol.